The Kier molecular flexibility index (Phi) is 4.22. The predicted octanol–water partition coefficient (Wildman–Crippen LogP) is -0.606. The molecule has 132 valence electrons. The number of nitrogens with zero attached hydrogens (tertiary/aromatic N) is 3. The second-order valence-electron chi connectivity index (χ2n) is 5.89. The number of imidazole rings is 1. The molecule has 24 heavy (non-hydrogen) atoms. The zero-order valence-electron chi connectivity index (χ0n) is 13.1. The molecule has 1 aliphatic heterocycles. The normalized spacial score (nSPS) is 29.8. The molecule has 6 N–H and O–H groups in total. The van der Waals surface area contributed by atoms with E-state index in [9.17, 15) is 14.5 Å². The predicted molar refractivity (Wildman–Crippen MR) is 85.3 cm³/mol. The third-order valence-corrected chi connectivity index (χ3v) is 4.57. The highest BCUT2D eigenvalue weighted by molar-refractivity contribution is 7.55. The molecule has 0 aromatic carbocycles. The van der Waals surface area contributed by atoms with Gasteiger partial charge in [-0.1, -0.05) is 6.92 Å². The van der Waals surface area contributed by atoms with Gasteiger partial charge >= 0.3 is 0 Å². The van der Waals surface area contributed by atoms with E-state index >= 15 is 0 Å². The second kappa shape index (κ2) is 5.94. The number of hydrogen-bond acceptors (Lipinski definition) is 8. The van der Waals surface area contributed by atoms with Gasteiger partial charge in [-0.2, -0.15) is 4.98 Å². The number of nitrogens with two attached hydrogens (primary N) is 2. The van der Waals surface area contributed by atoms with Crippen LogP contribution < -0.4 is 16.8 Å². The van der Waals surface area contributed by atoms with Crippen LogP contribution in [0.3, 0.4) is 0 Å². The van der Waals surface area contributed by atoms with E-state index in [4.69, 9.17) is 20.5 Å². The van der Waals surface area contributed by atoms with Gasteiger partial charge in [0.05, 0.1) is 19.0 Å². The molecule has 0 saturated carbocycles. The highest BCUT2D eigenvalue weighted by atomic mass is 31.2. The van der Waals surface area contributed by atoms with Crippen molar-refractivity contribution in [2.45, 2.75) is 25.4 Å². The van der Waals surface area contributed by atoms with Crippen molar-refractivity contribution in [3.05, 3.63) is 16.7 Å². The molecule has 3 heterocycles. The molecule has 0 bridgehead atoms. The lowest BCUT2D eigenvalue weighted by atomic mass is 10.0. The molecule has 11 nitrogen and oxygen atoms in total. The van der Waals surface area contributed by atoms with Crippen molar-refractivity contribution in [1.29, 1.82) is 0 Å². The molecule has 3 rings (SSSR count). The number of aliphatic hydroxyl groups excluding tert-OH is 1. The van der Waals surface area contributed by atoms with Crippen LogP contribution in [0.2, 0.25) is 0 Å². The summed E-state index contributed by atoms with van der Waals surface area (Å²) in [7, 11) is -3.18. The van der Waals surface area contributed by atoms with Crippen LogP contribution in [0.15, 0.2) is 11.1 Å². The fourth-order valence-electron chi connectivity index (χ4n) is 2.70. The summed E-state index contributed by atoms with van der Waals surface area (Å²) in [6.45, 7) is 2.93. The summed E-state index contributed by atoms with van der Waals surface area (Å²) >= 11 is 0. The van der Waals surface area contributed by atoms with Gasteiger partial charge in [0, 0.05) is 12.6 Å². The minimum Gasteiger partial charge on any atom is -0.390 e. The standard InChI is InChI=1S/C12H19N6O5P/c1-5-8(19)6(3-22-24(2,14)21)23-11(5)18-4-15-7-9(18)16-12(13)17-10(7)20/h4-6,8,11,19H,3H2,1-2H3,(H2,14,21)(H3,13,16,17,20). The van der Waals surface area contributed by atoms with E-state index in [1.54, 1.807) is 6.92 Å². The Hall–Kier alpha value is -1.78. The summed E-state index contributed by atoms with van der Waals surface area (Å²) in [5.74, 6) is -0.400. The first-order chi connectivity index (χ1) is 11.2. The number of aliphatic hydroxyl groups is 1. The SMILES string of the molecule is CC1C(O)C(COP(C)(N)=O)OC1n1cnc2c(=O)[nH]c(N)nc21. The number of aromatic amines is 1. The summed E-state index contributed by atoms with van der Waals surface area (Å²) in [4.78, 5) is 22.3. The van der Waals surface area contributed by atoms with Crippen molar-refractivity contribution in [3.63, 3.8) is 0 Å². The molecule has 5 unspecified atom stereocenters. The smallest absolute Gasteiger partial charge is 0.280 e. The Morgan fingerprint density at radius 1 is 1.58 bits per heavy atom. The number of hydrogen-bond donors (Lipinski definition) is 4. The molecule has 1 fully saturated rings. The number of rotatable bonds is 4. The van der Waals surface area contributed by atoms with Crippen LogP contribution in [0.4, 0.5) is 5.95 Å². The molecule has 2 aromatic heterocycles. The van der Waals surface area contributed by atoms with Crippen LogP contribution in [-0.4, -0.2) is 50.1 Å². The molecule has 1 saturated heterocycles. The summed E-state index contributed by atoms with van der Waals surface area (Å²) in [5.41, 5.74) is 10.8. The molecule has 0 amide bonds. The van der Waals surface area contributed by atoms with Crippen molar-refractivity contribution >= 4 is 24.6 Å². The van der Waals surface area contributed by atoms with Gasteiger partial charge in [0.25, 0.3) is 13.1 Å². The first-order valence-corrected chi connectivity index (χ1v) is 9.38. The molecule has 0 aliphatic carbocycles. The molecule has 0 radical (unpaired) electrons. The van der Waals surface area contributed by atoms with Crippen molar-refractivity contribution < 1.29 is 18.9 Å². The highest BCUT2D eigenvalue weighted by Gasteiger charge is 2.43. The zero-order valence-corrected chi connectivity index (χ0v) is 14.0. The van der Waals surface area contributed by atoms with Crippen LogP contribution in [0.5, 0.6) is 0 Å². The van der Waals surface area contributed by atoms with Crippen molar-refractivity contribution in [3.8, 4) is 0 Å². The number of nitrogens with one attached hydrogen (secondary N) is 1. The lowest BCUT2D eigenvalue weighted by Crippen LogP contribution is -2.29. The number of aromatic nitrogens is 4. The second-order valence-corrected chi connectivity index (χ2v) is 7.97. The van der Waals surface area contributed by atoms with Crippen LogP contribution >= 0.6 is 7.52 Å². The summed E-state index contributed by atoms with van der Waals surface area (Å²) < 4.78 is 23.8. The third-order valence-electron chi connectivity index (χ3n) is 3.90. The van der Waals surface area contributed by atoms with Crippen LogP contribution in [0.25, 0.3) is 11.2 Å². The number of anilines is 1. The maximum absolute atomic E-state index is 11.8. The first-order valence-electron chi connectivity index (χ1n) is 7.24. The molecule has 0 spiro atoms. The molecular formula is C12H19N6O5P. The minimum atomic E-state index is -3.18. The van der Waals surface area contributed by atoms with Gasteiger partial charge in [0.1, 0.15) is 12.3 Å². The highest BCUT2D eigenvalue weighted by Crippen LogP contribution is 2.39. The number of fused-ring (bicyclic) bond motifs is 1. The Balaban J connectivity index is 1.90. The monoisotopic (exact) mass is 358 g/mol. The van der Waals surface area contributed by atoms with E-state index in [1.165, 1.54) is 17.6 Å². The molecule has 2 aromatic rings. The quantitative estimate of drug-likeness (QED) is 0.520. The lowest BCUT2D eigenvalue weighted by molar-refractivity contribution is -0.0393. The molecule has 1 aliphatic rings. The Labute approximate surface area is 136 Å². The van der Waals surface area contributed by atoms with E-state index < -0.39 is 31.5 Å². The van der Waals surface area contributed by atoms with Gasteiger partial charge < -0.3 is 20.1 Å². The summed E-state index contributed by atoms with van der Waals surface area (Å²) in [5, 5.41) is 10.3. The average molecular weight is 358 g/mol. The van der Waals surface area contributed by atoms with Gasteiger partial charge in [-0.3, -0.25) is 24.4 Å². The maximum atomic E-state index is 11.8. The number of ether oxygens (including phenoxy) is 1. The van der Waals surface area contributed by atoms with Gasteiger partial charge in [0.2, 0.25) is 5.95 Å². The number of H-pyrrole nitrogens is 1. The Morgan fingerprint density at radius 3 is 2.96 bits per heavy atom. The number of nitrogen functional groups attached to an aromatic ring is 1. The fourth-order valence-corrected chi connectivity index (χ4v) is 3.14. The van der Waals surface area contributed by atoms with Crippen LogP contribution in [0.1, 0.15) is 13.2 Å². The molecular weight excluding hydrogens is 339 g/mol. The fraction of sp³-hybridized carbons (Fsp3) is 0.583. The Bertz CT molecular complexity index is 859. The van der Waals surface area contributed by atoms with Crippen molar-refractivity contribution in [2.24, 2.45) is 11.4 Å². The van der Waals surface area contributed by atoms with Crippen molar-refractivity contribution in [2.75, 3.05) is 19.0 Å². The first kappa shape index (κ1) is 17.1. The largest absolute Gasteiger partial charge is 0.390 e. The maximum Gasteiger partial charge on any atom is 0.280 e. The zero-order chi connectivity index (χ0) is 17.6. The Morgan fingerprint density at radius 2 is 2.29 bits per heavy atom. The van der Waals surface area contributed by atoms with Gasteiger partial charge in [-0.25, -0.2) is 4.98 Å². The molecule has 12 heteroatoms. The molecule has 5 atom stereocenters. The van der Waals surface area contributed by atoms with Crippen LogP contribution in [-0.2, 0) is 13.8 Å². The third kappa shape index (κ3) is 3.08. The summed E-state index contributed by atoms with van der Waals surface area (Å²) in [6, 6.07) is 0. The topological polar surface area (TPSA) is 171 Å². The van der Waals surface area contributed by atoms with Gasteiger partial charge in [0.15, 0.2) is 11.2 Å². The van der Waals surface area contributed by atoms with Gasteiger partial charge in [-0.15, -0.1) is 0 Å². The van der Waals surface area contributed by atoms with Gasteiger partial charge in [-0.05, 0) is 0 Å². The summed E-state index contributed by atoms with van der Waals surface area (Å²) in [6.07, 6.45) is -0.838. The van der Waals surface area contributed by atoms with Crippen LogP contribution in [0, 0.1) is 5.92 Å². The van der Waals surface area contributed by atoms with E-state index in [0.717, 1.165) is 0 Å². The van der Waals surface area contributed by atoms with E-state index in [-0.39, 0.29) is 29.6 Å². The van der Waals surface area contributed by atoms with E-state index in [0.29, 0.717) is 0 Å². The van der Waals surface area contributed by atoms with Crippen molar-refractivity contribution in [1.82, 2.24) is 19.5 Å². The van der Waals surface area contributed by atoms with E-state index in [2.05, 4.69) is 15.0 Å². The minimum absolute atomic E-state index is 0.0459. The lowest BCUT2D eigenvalue weighted by Gasteiger charge is -2.17. The van der Waals surface area contributed by atoms with E-state index in [1.807, 2.05) is 0 Å². The average Bonchev–Trinajstić information content (AvgIpc) is 3.00.